The number of amides is 4. The molecule has 0 unspecified atom stereocenters. The van der Waals surface area contributed by atoms with Gasteiger partial charge in [0.15, 0.2) is 137 Å². The average Bonchev–Trinajstić information content (AvgIpc) is 1.55. The number of nitrogens with two attached hydrogens (primary N) is 1. The number of fused-ring (bicyclic) bond motifs is 20. The number of carbonyl (C=O) groups is 5. The Kier molecular flexibility index (Phi) is 34.8. The Morgan fingerprint density at radius 2 is 0.637 bits per heavy atom. The van der Waals surface area contributed by atoms with Crippen LogP contribution in [0.3, 0.4) is 0 Å². The zero-order valence-electron chi connectivity index (χ0n) is 74.0. The third kappa shape index (κ3) is 33.6. The predicted octanol–water partition coefficient (Wildman–Crippen LogP) is 18.8. The summed E-state index contributed by atoms with van der Waals surface area (Å²) in [6, 6.07) is -2.06. The van der Waals surface area contributed by atoms with Gasteiger partial charge in [0.05, 0.1) is 32.7 Å². The summed E-state index contributed by atoms with van der Waals surface area (Å²) in [5, 5.41) is -0.884. The Labute approximate surface area is 790 Å². The number of hydrogen-bond acceptors (Lipinski definition) is 24. The SMILES string of the molecule is CC(C)[C@H](NC(=O)[C@H](CCC(=O)OC(C)(C)C)NC(=O)CCCCC#Cc1ccc2c(c1)-c1nc-2nc2[nH]c(nc3nc(nc4[nH]c(n1)c1c(OCC(F)(F)F)c(OCC(F)(F)F)c(OCC(F)(F)F)c(OCC(F)(F)F)c41)-c1c(OCC(F)(F)F)c(OCC(F)(F)F)c(OCC(F)(F)F)c(OCC(F)(F)F)c1-3)c1c(OCC(F)(F)F)c(OCC(F)(F)F)c(OCC(F)(F)F)c(OCC(F)(F)F)c21)C(=O)N[C@@H](C)C(N)=O. The van der Waals surface area contributed by atoms with Crippen LogP contribution in [0, 0.1) is 17.8 Å². The topological polar surface area (TPSA) is 376 Å². The Balaban J connectivity index is 1.54. The molecule has 7 N–H and O–H groups in total. The summed E-state index contributed by atoms with van der Waals surface area (Å²) >= 11 is 0. The van der Waals surface area contributed by atoms with Crippen LogP contribution in [0.2, 0.25) is 0 Å². The Morgan fingerprint density at radius 1 is 0.349 bits per heavy atom. The highest BCUT2D eigenvalue weighted by molar-refractivity contribution is 6.16. The molecule has 4 amide bonds. The van der Waals surface area contributed by atoms with E-state index in [-0.39, 0.29) is 19.3 Å². The van der Waals surface area contributed by atoms with Crippen LogP contribution in [0.25, 0.3) is 89.7 Å². The maximum atomic E-state index is 14.9. The summed E-state index contributed by atoms with van der Waals surface area (Å²) < 4.78 is 593. The number of rotatable bonds is 38. The molecule has 2 aliphatic rings. The molecule has 0 saturated heterocycles. The molecule has 5 heterocycles. The lowest BCUT2D eigenvalue weighted by Crippen LogP contribution is -2.57. The number of H-pyrrole nitrogens is 2. The normalized spacial score (nSPS) is 13.7. The van der Waals surface area contributed by atoms with Crippen LogP contribution in [0.4, 0.5) is 158 Å². The molecule has 2 aliphatic heterocycles. The summed E-state index contributed by atoms with van der Waals surface area (Å²) in [5.41, 5.74) is -10.4. The molecule has 0 aliphatic carbocycles. The monoisotopic (exact) mass is 2170 g/mol. The third-order valence-corrected chi connectivity index (χ3v) is 18.1. The van der Waals surface area contributed by atoms with Crippen LogP contribution in [-0.2, 0) is 28.7 Å². The molecule has 7 aromatic rings. The fourth-order valence-corrected chi connectivity index (χ4v) is 12.8. The molecule has 0 fully saturated rings. The summed E-state index contributed by atoms with van der Waals surface area (Å²) in [7, 11) is 0. The summed E-state index contributed by atoms with van der Waals surface area (Å²) in [5.74, 6) is -37.4. The number of nitrogens with zero attached hydrogens (tertiary/aromatic N) is 6. The number of alkyl halides is 36. The van der Waals surface area contributed by atoms with Gasteiger partial charge in [-0.2, -0.15) is 158 Å². The number of nitrogens with one attached hydrogen (secondary N) is 5. The van der Waals surface area contributed by atoms with Crippen molar-refractivity contribution in [3.8, 4) is 126 Å². The number of benzene rings is 4. The molecule has 808 valence electrons. The lowest BCUT2D eigenvalue weighted by atomic mass is 10.0. The molecule has 0 radical (unpaired) electrons. The molecule has 9 rings (SSSR count). The van der Waals surface area contributed by atoms with Gasteiger partial charge in [0.2, 0.25) is 58.1 Å². The van der Waals surface area contributed by atoms with E-state index >= 15 is 0 Å². The van der Waals surface area contributed by atoms with Gasteiger partial charge in [-0.05, 0) is 71.1 Å². The van der Waals surface area contributed by atoms with Gasteiger partial charge < -0.3 is 93.2 Å². The van der Waals surface area contributed by atoms with Crippen LogP contribution in [-0.4, -0.2) is 247 Å². The van der Waals surface area contributed by atoms with E-state index in [1.54, 1.807) is 0 Å². The first kappa shape index (κ1) is 116. The zero-order valence-corrected chi connectivity index (χ0v) is 74.0. The van der Waals surface area contributed by atoms with E-state index in [1.165, 1.54) is 41.5 Å². The van der Waals surface area contributed by atoms with Crippen LogP contribution >= 0.6 is 0 Å². The Morgan fingerprint density at radius 3 is 0.938 bits per heavy atom. The summed E-state index contributed by atoms with van der Waals surface area (Å²) in [6.45, 7) is -29.0. The van der Waals surface area contributed by atoms with E-state index in [2.05, 4.69) is 86.1 Å². The van der Waals surface area contributed by atoms with Gasteiger partial charge in [0, 0.05) is 36.0 Å². The second-order valence-electron chi connectivity index (χ2n) is 32.0. The first-order valence-corrected chi connectivity index (χ1v) is 40.6. The third-order valence-electron chi connectivity index (χ3n) is 18.1. The van der Waals surface area contributed by atoms with Crippen molar-refractivity contribution in [2.45, 2.75) is 178 Å². The lowest BCUT2D eigenvalue weighted by Gasteiger charge is -2.26. The largest absolute Gasteiger partial charge is 0.479 e. The molecule has 3 aromatic heterocycles. The molecule has 0 spiro atoms. The van der Waals surface area contributed by atoms with E-state index < -0.39 is 396 Å². The van der Waals surface area contributed by atoms with Gasteiger partial charge >= 0.3 is 80.1 Å². The number of esters is 1. The summed E-state index contributed by atoms with van der Waals surface area (Å²) in [4.78, 5) is 92.7. The molecular weight excluding hydrogens is 2100 g/mol. The first-order valence-electron chi connectivity index (χ1n) is 40.6. The Bertz CT molecular complexity index is 6200. The van der Waals surface area contributed by atoms with Crippen molar-refractivity contribution in [1.29, 1.82) is 0 Å². The number of aromatic amines is 2. The highest BCUT2D eigenvalue weighted by Gasteiger charge is 2.48. The molecule has 146 heavy (non-hydrogen) atoms. The maximum absolute atomic E-state index is 14.9. The smallest absolute Gasteiger partial charge is 0.422 e. The van der Waals surface area contributed by atoms with Crippen molar-refractivity contribution in [1.82, 2.24) is 55.8 Å². The van der Waals surface area contributed by atoms with Gasteiger partial charge in [0.25, 0.3) is 0 Å². The van der Waals surface area contributed by atoms with E-state index in [0.717, 1.165) is 6.07 Å². The number of ether oxygens (including phenoxy) is 13. The van der Waals surface area contributed by atoms with Gasteiger partial charge in [-0.3, -0.25) is 24.0 Å². The highest BCUT2D eigenvalue weighted by Crippen LogP contribution is 2.62. The average molecular weight is 2170 g/mol. The molecule has 30 nitrogen and oxygen atoms in total. The van der Waals surface area contributed by atoms with Crippen LogP contribution in [0.5, 0.6) is 69.0 Å². The number of hydrogen-bond donors (Lipinski definition) is 6. The minimum atomic E-state index is -6.14. The number of carbonyl (C=O) groups excluding carboxylic acids is 5. The van der Waals surface area contributed by atoms with Crippen molar-refractivity contribution in [3.63, 3.8) is 0 Å². The van der Waals surface area contributed by atoms with Crippen molar-refractivity contribution >= 4 is 73.7 Å². The van der Waals surface area contributed by atoms with Gasteiger partial charge in [-0.15, -0.1) is 0 Å². The molecule has 8 bridgehead atoms. The molecule has 3 atom stereocenters. The fourth-order valence-electron chi connectivity index (χ4n) is 12.8. The molecule has 66 heteroatoms. The number of aromatic nitrogens is 8. The maximum Gasteiger partial charge on any atom is 0.422 e. The fraction of sp³-hybridized carbons (Fsp3) is 0.512. The van der Waals surface area contributed by atoms with Gasteiger partial charge in [-0.1, -0.05) is 25.7 Å². The minimum Gasteiger partial charge on any atom is -0.479 e. The van der Waals surface area contributed by atoms with E-state index in [4.69, 9.17) is 38.9 Å². The van der Waals surface area contributed by atoms with Crippen molar-refractivity contribution < 1.29 is 244 Å². The Hall–Kier alpha value is -13.8. The quantitative estimate of drug-likeness (QED) is 0.00906. The standard InChI is InChI=1S/C80H68F36N12O18/c1-30(2)44(67(133)118-31(3)57(117)131)120-66(132)35(15-16-37(130)146-68(4,5)6)119-36(129)12-10-8-7-9-11-32-13-14-33-34(17-32)59-121-58(33)122-60-38-40(47(136-20-71(87,88)89)53(142-26-77(105,106)107)51(140-24-75(99,100)101)45(38)134-18-69(81,82)83)62(124-60)126-64-42-43(50(139-23-74(96,97)98)56(145-29-80(114,115)116)55(144-28-79(111,112)113)49(42)138-22-73(93,94)95)65(128-64)127-63-41-39(61(123-59)125-63)46(135-19-70(84,85)86)52(141-25-76(102,103)104)54(143-27-78(108,109)110)48(41)137-21-72(90,91)92/h13-14,17,30-31,35,44H,7-8,10,12,15-16,18-29H2,1-6H3,(H2,117,131)(H,118,133)(H,119,129)(H,120,132)(H2,121,122,123,124,125,126,127,128)/t31-,35-,44-/m0/s1. The number of primary amides is 1. The van der Waals surface area contributed by atoms with E-state index in [1.807, 2.05) is 9.97 Å². The van der Waals surface area contributed by atoms with Crippen molar-refractivity contribution in [2.24, 2.45) is 11.7 Å². The zero-order chi connectivity index (χ0) is 110. The van der Waals surface area contributed by atoms with E-state index in [0.29, 0.717) is 12.1 Å². The number of unbranched alkanes of at least 4 members (excludes halogenated alkanes) is 2. The van der Waals surface area contributed by atoms with Crippen LogP contribution in [0.1, 0.15) is 85.6 Å². The second-order valence-corrected chi connectivity index (χ2v) is 32.0. The minimum absolute atomic E-state index is 0.184. The van der Waals surface area contributed by atoms with Crippen LogP contribution in [0.15, 0.2) is 18.2 Å². The van der Waals surface area contributed by atoms with Crippen LogP contribution < -0.4 is 78.5 Å². The number of halogens is 36. The first-order chi connectivity index (χ1) is 66.7. The molecular formula is C80H68F36N12O18. The van der Waals surface area contributed by atoms with Crippen molar-refractivity contribution in [3.05, 3.63) is 23.8 Å². The molecule has 0 saturated carbocycles. The van der Waals surface area contributed by atoms with Crippen molar-refractivity contribution in [2.75, 3.05) is 79.3 Å². The van der Waals surface area contributed by atoms with Gasteiger partial charge in [0.1, 0.15) is 46.3 Å². The predicted molar refractivity (Wildman–Crippen MR) is 421 cm³/mol. The summed E-state index contributed by atoms with van der Waals surface area (Å²) in [6.07, 6.45) is -74.9. The lowest BCUT2D eigenvalue weighted by molar-refractivity contribution is -0.162. The highest BCUT2D eigenvalue weighted by atomic mass is 19.5. The van der Waals surface area contributed by atoms with Gasteiger partial charge in [-0.25, -0.2) is 29.9 Å². The van der Waals surface area contributed by atoms with E-state index in [9.17, 15) is 182 Å². The molecule has 4 aromatic carbocycles. The second kappa shape index (κ2) is 43.9.